The van der Waals surface area contributed by atoms with Gasteiger partial charge in [0.2, 0.25) is 0 Å². The number of epoxide rings is 1. The van der Waals surface area contributed by atoms with Crippen LogP contribution in [-0.4, -0.2) is 42.5 Å². The Hall–Kier alpha value is -5.35. The van der Waals surface area contributed by atoms with Gasteiger partial charge < -0.3 is 44.2 Å². The van der Waals surface area contributed by atoms with Crippen LogP contribution < -0.4 is 9.47 Å². The zero-order valence-electron chi connectivity index (χ0n) is 23.1. The van der Waals surface area contributed by atoms with Crippen LogP contribution in [0.1, 0.15) is 41.9 Å². The molecule has 1 saturated carbocycles. The highest BCUT2D eigenvalue weighted by molar-refractivity contribution is 5.99. The molecule has 1 aliphatic carbocycles. The third kappa shape index (κ3) is 2.95. The molecule has 1 spiro atoms. The van der Waals surface area contributed by atoms with Gasteiger partial charge in [-0.05, 0) is 55.5 Å². The van der Waals surface area contributed by atoms with Gasteiger partial charge in [0.05, 0.1) is 11.5 Å². The van der Waals surface area contributed by atoms with E-state index in [0.717, 1.165) is 5.39 Å². The lowest BCUT2D eigenvalue weighted by molar-refractivity contribution is -0.145. The molecule has 3 unspecified atom stereocenters. The average Bonchev–Trinajstić information content (AvgIpc) is 3.46. The van der Waals surface area contributed by atoms with Crippen LogP contribution in [0.25, 0.3) is 22.3 Å². The number of rotatable bonds is 2. The minimum atomic E-state index is -1.68. The van der Waals surface area contributed by atoms with Crippen molar-refractivity contribution in [1.82, 2.24) is 0 Å². The summed E-state index contributed by atoms with van der Waals surface area (Å²) >= 11 is 0. The molecule has 5 N–H and O–H groups in total. The van der Waals surface area contributed by atoms with Crippen LogP contribution in [0.4, 0.5) is 0 Å². The van der Waals surface area contributed by atoms with Crippen LogP contribution in [0.5, 0.6) is 40.2 Å². The van der Waals surface area contributed by atoms with E-state index >= 15 is 0 Å². The van der Waals surface area contributed by atoms with E-state index < -0.39 is 28.8 Å². The normalized spacial score (nSPS) is 29.1. The first kappa shape index (κ1) is 25.2. The molecule has 1 aromatic heterocycles. The lowest BCUT2D eigenvalue weighted by Gasteiger charge is -2.51. The summed E-state index contributed by atoms with van der Waals surface area (Å²) in [6.45, 7) is 1.69. The molecule has 5 aromatic rings. The van der Waals surface area contributed by atoms with Crippen LogP contribution in [0.2, 0.25) is 0 Å². The summed E-state index contributed by atoms with van der Waals surface area (Å²) in [5.74, 6) is -3.40. The van der Waals surface area contributed by atoms with Crippen LogP contribution in [-0.2, 0) is 15.3 Å². The predicted molar refractivity (Wildman–Crippen MR) is 153 cm³/mol. The number of hydrogen-bond acceptors (Lipinski definition) is 10. The van der Waals surface area contributed by atoms with Crippen LogP contribution >= 0.6 is 0 Å². The number of carbonyl (C=O) groups is 1. The van der Waals surface area contributed by atoms with E-state index in [9.17, 15) is 30.3 Å². The smallest absolute Gasteiger partial charge is 0.272 e. The number of phenolic OH excluding ortho intramolecular Hbond substituents is 5. The van der Waals surface area contributed by atoms with Gasteiger partial charge in [0.15, 0.2) is 17.0 Å². The first-order valence-electron chi connectivity index (χ1n) is 14.1. The molecule has 2 fully saturated rings. The molecule has 10 heteroatoms. The molecule has 4 aliphatic rings. The lowest BCUT2D eigenvalue weighted by atomic mass is 9.56. The second-order valence-electron chi connectivity index (χ2n) is 12.2. The van der Waals surface area contributed by atoms with Crippen LogP contribution in [0.15, 0.2) is 77.2 Å². The Balaban J connectivity index is 1.30. The number of hydrogen-bond donors (Lipinski definition) is 5. The second kappa shape index (κ2) is 7.78. The van der Waals surface area contributed by atoms with Crippen LogP contribution in [0, 0.1) is 0 Å². The number of ether oxygens (including phenoxy) is 3. The predicted octanol–water partition coefficient (Wildman–Crippen LogP) is 5.63. The van der Waals surface area contributed by atoms with Gasteiger partial charge in [-0.2, -0.15) is 0 Å². The van der Waals surface area contributed by atoms with E-state index in [1.165, 1.54) is 42.5 Å². The Morgan fingerprint density at radius 2 is 1.52 bits per heavy atom. The van der Waals surface area contributed by atoms with E-state index in [1.807, 2.05) is 0 Å². The van der Waals surface area contributed by atoms with Crippen molar-refractivity contribution in [1.29, 1.82) is 0 Å². The van der Waals surface area contributed by atoms with Crippen molar-refractivity contribution in [3.05, 3.63) is 89.5 Å². The maximum absolute atomic E-state index is 14.6. The highest BCUT2D eigenvalue weighted by Crippen LogP contribution is 2.78. The third-order valence-corrected chi connectivity index (χ3v) is 9.60. The Labute approximate surface area is 248 Å². The summed E-state index contributed by atoms with van der Waals surface area (Å²) in [6.07, 6.45) is 0.226. The fourth-order valence-corrected chi connectivity index (χ4v) is 7.69. The topological polar surface area (TPSA) is 162 Å². The quantitative estimate of drug-likeness (QED) is 0.162. The first-order valence-corrected chi connectivity index (χ1v) is 14.1. The molecule has 220 valence electrons. The summed E-state index contributed by atoms with van der Waals surface area (Å²) in [6, 6.07) is 18.4. The molecule has 2 bridgehead atoms. The van der Waals surface area contributed by atoms with Gasteiger partial charge in [-0.25, -0.2) is 0 Å². The number of carbonyl (C=O) groups excluding carboxylic acids is 1. The minimum absolute atomic E-state index is 0.0239. The van der Waals surface area contributed by atoms with E-state index in [0.29, 0.717) is 28.2 Å². The van der Waals surface area contributed by atoms with Crippen molar-refractivity contribution in [3.63, 3.8) is 0 Å². The van der Waals surface area contributed by atoms with Crippen molar-refractivity contribution < 1.29 is 49.0 Å². The molecule has 0 amide bonds. The molecule has 5 atom stereocenters. The molecule has 3 aliphatic heterocycles. The van der Waals surface area contributed by atoms with Crippen molar-refractivity contribution in [3.8, 4) is 51.6 Å². The molecule has 4 aromatic carbocycles. The Morgan fingerprint density at radius 1 is 0.773 bits per heavy atom. The summed E-state index contributed by atoms with van der Waals surface area (Å²) in [5, 5.41) is 53.6. The SMILES string of the molecule is C[C@]12C[C@H](c3ccc(O)cc3O1)C13OC1(c1ccc(O)cc1O)Oc1cc(-c4cc5ccc(O)cc5o4)cc(O)c1C3C2=O. The van der Waals surface area contributed by atoms with Crippen molar-refractivity contribution in [2.45, 2.75) is 42.2 Å². The zero-order valence-corrected chi connectivity index (χ0v) is 23.1. The number of Topliss-reactive ketones (excluding diaryl/α,β-unsaturated/α-hetero) is 1. The largest absolute Gasteiger partial charge is 0.508 e. The number of phenols is 5. The third-order valence-electron chi connectivity index (χ3n) is 9.60. The molecule has 9 rings (SSSR count). The number of aromatic hydroxyl groups is 5. The Bertz CT molecular complexity index is 2120. The number of fused-ring (bicyclic) bond motifs is 7. The first-order chi connectivity index (χ1) is 21.0. The van der Waals surface area contributed by atoms with E-state index in [2.05, 4.69) is 0 Å². The van der Waals surface area contributed by atoms with Gasteiger partial charge in [0.1, 0.15) is 51.6 Å². The minimum Gasteiger partial charge on any atom is -0.508 e. The Morgan fingerprint density at radius 3 is 2.34 bits per heavy atom. The molecule has 4 heterocycles. The molecular formula is C34H24O10. The van der Waals surface area contributed by atoms with E-state index in [4.69, 9.17) is 18.6 Å². The monoisotopic (exact) mass is 592 g/mol. The molecular weight excluding hydrogens is 568 g/mol. The van der Waals surface area contributed by atoms with Gasteiger partial charge in [0.25, 0.3) is 5.79 Å². The Kier molecular flexibility index (Phi) is 4.45. The van der Waals surface area contributed by atoms with Gasteiger partial charge in [-0.15, -0.1) is 0 Å². The summed E-state index contributed by atoms with van der Waals surface area (Å²) in [7, 11) is 0. The van der Waals surface area contributed by atoms with Gasteiger partial charge in [-0.3, -0.25) is 4.79 Å². The number of ketones is 1. The fraction of sp³-hybridized carbons (Fsp3) is 0.206. The average molecular weight is 593 g/mol. The van der Waals surface area contributed by atoms with Crippen molar-refractivity contribution >= 4 is 16.8 Å². The van der Waals surface area contributed by atoms with E-state index in [1.54, 1.807) is 37.3 Å². The number of benzene rings is 4. The van der Waals surface area contributed by atoms with Gasteiger partial charge >= 0.3 is 0 Å². The van der Waals surface area contributed by atoms with Gasteiger partial charge in [-0.1, -0.05) is 6.07 Å². The molecule has 10 nitrogen and oxygen atoms in total. The van der Waals surface area contributed by atoms with E-state index in [-0.39, 0.29) is 57.8 Å². The second-order valence-corrected chi connectivity index (χ2v) is 12.2. The lowest BCUT2D eigenvalue weighted by Crippen LogP contribution is -2.61. The summed E-state index contributed by atoms with van der Waals surface area (Å²) in [4.78, 5) is 14.6. The highest BCUT2D eigenvalue weighted by Gasteiger charge is 2.88. The summed E-state index contributed by atoms with van der Waals surface area (Å²) < 4.78 is 25.5. The maximum atomic E-state index is 14.6. The van der Waals surface area contributed by atoms with Crippen molar-refractivity contribution in [2.75, 3.05) is 0 Å². The van der Waals surface area contributed by atoms with Crippen molar-refractivity contribution in [2.24, 2.45) is 0 Å². The molecule has 44 heavy (non-hydrogen) atoms. The zero-order chi connectivity index (χ0) is 30.3. The fourth-order valence-electron chi connectivity index (χ4n) is 7.69. The maximum Gasteiger partial charge on any atom is 0.272 e. The summed E-state index contributed by atoms with van der Waals surface area (Å²) in [5.41, 5.74) is -0.724. The van der Waals surface area contributed by atoms with Crippen LogP contribution in [0.3, 0.4) is 0 Å². The van der Waals surface area contributed by atoms with Gasteiger partial charge in [0, 0.05) is 52.6 Å². The molecule has 1 saturated heterocycles. The standard InChI is InChI=1S/C34H24O10/c1-32-14-22(20-6-4-19(37)13-27(20)42-32)33-30(31(32)40)29-24(39)8-16(25-9-15-2-3-18(36)12-26(15)41-25)10-28(29)43-34(33,44-33)21-7-5-17(35)11-23(21)38/h2-13,22,30,35-39H,14H2,1H3/t22-,30?,32-,33?,34?/m1/s1. The molecule has 0 radical (unpaired) electrons. The number of furan rings is 1. The highest BCUT2D eigenvalue weighted by atomic mass is 16.8.